The van der Waals surface area contributed by atoms with Gasteiger partial charge in [0.2, 0.25) is 0 Å². The van der Waals surface area contributed by atoms with E-state index in [1.165, 1.54) is 0 Å². The first-order valence-corrected chi connectivity index (χ1v) is 5.93. The van der Waals surface area contributed by atoms with Crippen molar-refractivity contribution in [2.45, 2.75) is 6.54 Å². The molecule has 0 N–H and O–H groups in total. The zero-order valence-electron chi connectivity index (χ0n) is 11.0. The molecule has 0 bridgehead atoms. The van der Waals surface area contributed by atoms with Gasteiger partial charge in [0.05, 0.1) is 18.4 Å². The topological polar surface area (TPSA) is 49.1 Å². The molecule has 0 radical (unpaired) electrons. The van der Waals surface area contributed by atoms with Crippen LogP contribution < -0.4 is 9.64 Å². The molecule has 0 saturated carbocycles. The summed E-state index contributed by atoms with van der Waals surface area (Å²) in [4.78, 5) is 6.10. The van der Waals surface area contributed by atoms with Gasteiger partial charge in [-0.05, 0) is 23.8 Å². The first-order valence-electron chi connectivity index (χ1n) is 5.93. The summed E-state index contributed by atoms with van der Waals surface area (Å²) in [5.74, 6) is 0.743. The van der Waals surface area contributed by atoms with Crippen LogP contribution in [-0.4, -0.2) is 19.1 Å². The third kappa shape index (κ3) is 3.02. The monoisotopic (exact) mass is 253 g/mol. The second-order valence-corrected chi connectivity index (χ2v) is 4.21. The van der Waals surface area contributed by atoms with E-state index in [0.29, 0.717) is 12.1 Å². The predicted molar refractivity (Wildman–Crippen MR) is 74.1 cm³/mol. The zero-order chi connectivity index (χ0) is 13.7. The molecular formula is C15H15N3O. The van der Waals surface area contributed by atoms with Gasteiger partial charge in [0, 0.05) is 32.1 Å². The van der Waals surface area contributed by atoms with Gasteiger partial charge in [-0.25, -0.2) is 0 Å². The Morgan fingerprint density at radius 3 is 2.84 bits per heavy atom. The van der Waals surface area contributed by atoms with Crippen LogP contribution >= 0.6 is 0 Å². The van der Waals surface area contributed by atoms with Gasteiger partial charge in [0.1, 0.15) is 11.8 Å². The molecule has 0 aliphatic heterocycles. The minimum atomic E-state index is 0.632. The number of aromatic nitrogens is 1. The maximum Gasteiger partial charge on any atom is 0.121 e. The van der Waals surface area contributed by atoms with Crippen molar-refractivity contribution in [1.82, 2.24) is 4.98 Å². The molecule has 0 atom stereocenters. The molecular weight excluding hydrogens is 238 g/mol. The number of pyridine rings is 1. The molecule has 0 saturated heterocycles. The lowest BCUT2D eigenvalue weighted by atomic mass is 10.1. The van der Waals surface area contributed by atoms with Crippen LogP contribution in [0.15, 0.2) is 42.7 Å². The highest BCUT2D eigenvalue weighted by atomic mass is 16.5. The Kier molecular flexibility index (Phi) is 3.99. The minimum Gasteiger partial charge on any atom is -0.497 e. The molecule has 2 rings (SSSR count). The fourth-order valence-corrected chi connectivity index (χ4v) is 1.90. The molecule has 19 heavy (non-hydrogen) atoms. The Morgan fingerprint density at radius 2 is 2.21 bits per heavy atom. The van der Waals surface area contributed by atoms with E-state index in [9.17, 15) is 0 Å². The van der Waals surface area contributed by atoms with Crippen LogP contribution in [-0.2, 0) is 6.54 Å². The maximum atomic E-state index is 9.17. The Labute approximate surface area is 112 Å². The maximum absolute atomic E-state index is 9.17. The summed E-state index contributed by atoms with van der Waals surface area (Å²) in [6, 6.07) is 11.5. The molecule has 96 valence electrons. The number of rotatable bonds is 4. The molecule has 1 aromatic heterocycles. The fraction of sp³-hybridized carbons (Fsp3) is 0.200. The number of hydrogen-bond acceptors (Lipinski definition) is 4. The van der Waals surface area contributed by atoms with Crippen molar-refractivity contribution in [3.05, 3.63) is 53.9 Å². The van der Waals surface area contributed by atoms with Gasteiger partial charge in [-0.3, -0.25) is 4.98 Å². The van der Waals surface area contributed by atoms with Crippen molar-refractivity contribution >= 4 is 5.69 Å². The van der Waals surface area contributed by atoms with E-state index in [2.05, 4.69) is 11.1 Å². The second kappa shape index (κ2) is 5.87. The van der Waals surface area contributed by atoms with E-state index in [1.54, 1.807) is 25.4 Å². The largest absolute Gasteiger partial charge is 0.497 e. The number of nitrogens with zero attached hydrogens (tertiary/aromatic N) is 3. The molecule has 0 aliphatic rings. The summed E-state index contributed by atoms with van der Waals surface area (Å²) < 4.78 is 5.21. The Hall–Kier alpha value is -2.54. The van der Waals surface area contributed by atoms with Crippen LogP contribution in [0, 0.1) is 11.3 Å². The van der Waals surface area contributed by atoms with Gasteiger partial charge in [0.15, 0.2) is 0 Å². The first-order chi connectivity index (χ1) is 9.24. The molecule has 0 aliphatic carbocycles. The van der Waals surface area contributed by atoms with Crippen LogP contribution in [0.25, 0.3) is 0 Å². The molecule has 0 unspecified atom stereocenters. The van der Waals surface area contributed by atoms with Gasteiger partial charge < -0.3 is 9.64 Å². The smallest absolute Gasteiger partial charge is 0.121 e. The number of nitriles is 1. The highest BCUT2D eigenvalue weighted by Crippen LogP contribution is 2.25. The van der Waals surface area contributed by atoms with Crippen molar-refractivity contribution in [1.29, 1.82) is 5.26 Å². The van der Waals surface area contributed by atoms with Crippen LogP contribution in [0.2, 0.25) is 0 Å². The average Bonchev–Trinajstić information content (AvgIpc) is 2.47. The Bertz CT molecular complexity index is 590. The summed E-state index contributed by atoms with van der Waals surface area (Å²) >= 11 is 0. The van der Waals surface area contributed by atoms with E-state index in [0.717, 1.165) is 17.0 Å². The third-order valence-electron chi connectivity index (χ3n) is 2.88. The van der Waals surface area contributed by atoms with Crippen molar-refractivity contribution in [3.8, 4) is 11.8 Å². The first kappa shape index (κ1) is 12.9. The van der Waals surface area contributed by atoms with Crippen molar-refractivity contribution in [2.75, 3.05) is 19.1 Å². The van der Waals surface area contributed by atoms with Gasteiger partial charge >= 0.3 is 0 Å². The summed E-state index contributed by atoms with van der Waals surface area (Å²) in [5, 5.41) is 9.17. The molecule has 0 spiro atoms. The van der Waals surface area contributed by atoms with Gasteiger partial charge in [-0.2, -0.15) is 5.26 Å². The SMILES string of the molecule is COc1ccc(C#N)c(N(C)Cc2cccnc2)c1. The molecule has 0 amide bonds. The van der Waals surface area contributed by atoms with E-state index >= 15 is 0 Å². The average molecular weight is 253 g/mol. The quantitative estimate of drug-likeness (QED) is 0.840. The van der Waals surface area contributed by atoms with E-state index in [-0.39, 0.29) is 0 Å². The van der Waals surface area contributed by atoms with Crippen LogP contribution in [0.1, 0.15) is 11.1 Å². The van der Waals surface area contributed by atoms with Crippen molar-refractivity contribution in [2.24, 2.45) is 0 Å². The Morgan fingerprint density at radius 1 is 1.37 bits per heavy atom. The third-order valence-corrected chi connectivity index (χ3v) is 2.88. The predicted octanol–water partition coefficient (Wildman–Crippen LogP) is 2.60. The Balaban J connectivity index is 2.27. The lowest BCUT2D eigenvalue weighted by Gasteiger charge is -2.21. The number of benzene rings is 1. The van der Waals surface area contributed by atoms with Crippen LogP contribution in [0.4, 0.5) is 5.69 Å². The zero-order valence-corrected chi connectivity index (χ0v) is 11.0. The number of methoxy groups -OCH3 is 1. The fourth-order valence-electron chi connectivity index (χ4n) is 1.90. The van der Waals surface area contributed by atoms with Crippen molar-refractivity contribution < 1.29 is 4.74 Å². The molecule has 1 aromatic carbocycles. The lowest BCUT2D eigenvalue weighted by Crippen LogP contribution is -2.17. The lowest BCUT2D eigenvalue weighted by molar-refractivity contribution is 0.415. The van der Waals surface area contributed by atoms with Crippen molar-refractivity contribution in [3.63, 3.8) is 0 Å². The molecule has 2 aromatic rings. The second-order valence-electron chi connectivity index (χ2n) is 4.21. The summed E-state index contributed by atoms with van der Waals surface area (Å²) in [6.07, 6.45) is 3.57. The number of hydrogen-bond donors (Lipinski definition) is 0. The normalized spacial score (nSPS) is 9.74. The minimum absolute atomic E-state index is 0.632. The molecule has 0 fully saturated rings. The van der Waals surface area contributed by atoms with Gasteiger partial charge in [-0.1, -0.05) is 6.07 Å². The molecule has 4 heteroatoms. The van der Waals surface area contributed by atoms with Crippen LogP contribution in [0.3, 0.4) is 0 Å². The molecule has 4 nitrogen and oxygen atoms in total. The van der Waals surface area contributed by atoms with Gasteiger partial charge in [0.25, 0.3) is 0 Å². The highest BCUT2D eigenvalue weighted by Gasteiger charge is 2.09. The summed E-state index contributed by atoms with van der Waals surface area (Å²) in [7, 11) is 3.56. The van der Waals surface area contributed by atoms with Crippen LogP contribution in [0.5, 0.6) is 5.75 Å². The van der Waals surface area contributed by atoms with Gasteiger partial charge in [-0.15, -0.1) is 0 Å². The molecule has 1 heterocycles. The summed E-state index contributed by atoms with van der Waals surface area (Å²) in [6.45, 7) is 0.690. The number of ether oxygens (including phenoxy) is 1. The van der Waals surface area contributed by atoms with E-state index in [1.807, 2.05) is 36.3 Å². The number of anilines is 1. The van der Waals surface area contributed by atoms with E-state index < -0.39 is 0 Å². The van der Waals surface area contributed by atoms with E-state index in [4.69, 9.17) is 10.00 Å². The summed E-state index contributed by atoms with van der Waals surface area (Å²) in [5.41, 5.74) is 2.58. The standard InChI is InChI=1S/C15H15N3O/c1-18(11-12-4-3-7-17-10-12)15-8-14(19-2)6-5-13(15)9-16/h3-8,10H,11H2,1-2H3. The highest BCUT2D eigenvalue weighted by molar-refractivity contribution is 5.61.